The van der Waals surface area contributed by atoms with Crippen LogP contribution in [0.1, 0.15) is 0 Å². The van der Waals surface area contributed by atoms with Gasteiger partial charge < -0.3 is 0 Å². The predicted octanol–water partition coefficient (Wildman–Crippen LogP) is 4.08. The summed E-state index contributed by atoms with van der Waals surface area (Å²) < 4.78 is 0. The molecule has 0 heterocycles. The normalized spacial score (nSPS) is 9.52. The summed E-state index contributed by atoms with van der Waals surface area (Å²) in [6.07, 6.45) is 0. The summed E-state index contributed by atoms with van der Waals surface area (Å²) in [6, 6.07) is 21.2. The Morgan fingerprint density at radius 3 is 1.00 bits per heavy atom. The van der Waals surface area contributed by atoms with Crippen molar-refractivity contribution in [3.63, 3.8) is 0 Å². The maximum atomic E-state index is 2.33. The second-order valence-corrected chi connectivity index (χ2v) is 19.9. The van der Waals surface area contributed by atoms with Crippen LogP contribution in [0, 0.1) is 0 Å². The van der Waals surface area contributed by atoms with Gasteiger partial charge in [-0.3, -0.25) is 0 Å². The minimum atomic E-state index is -0.333. The summed E-state index contributed by atoms with van der Waals surface area (Å²) in [7, 11) is 0.777. The molecular formula is C18H28Ge2Si. The van der Waals surface area contributed by atoms with E-state index in [2.05, 4.69) is 95.2 Å². The maximum Gasteiger partial charge on any atom is 0.121 e. The standard InChI is InChI=1S/C12H10Si.2C3H9Ge/c1-3-7-11(8-4-1)13-12-9-5-2-6-10-12;2*1-4(2)3/h1-10H;2*1-3H3. The Hall–Kier alpha value is -0.257. The molecule has 0 aliphatic carbocycles. The first-order valence-corrected chi connectivity index (χ1v) is 20.9. The molecule has 0 aliphatic heterocycles. The average Bonchev–Trinajstić information content (AvgIpc) is 2.40. The quantitative estimate of drug-likeness (QED) is 0.646. The van der Waals surface area contributed by atoms with E-state index in [0.29, 0.717) is 0 Å². The van der Waals surface area contributed by atoms with Crippen molar-refractivity contribution in [3.05, 3.63) is 60.7 Å². The first-order valence-electron chi connectivity index (χ1n) is 7.32. The van der Waals surface area contributed by atoms with Crippen LogP contribution in [0.25, 0.3) is 0 Å². The molecule has 112 valence electrons. The van der Waals surface area contributed by atoms with Crippen LogP contribution in [-0.2, 0) is 0 Å². The molecule has 0 aliphatic rings. The molecule has 0 unspecified atom stereocenters. The van der Waals surface area contributed by atoms with E-state index in [4.69, 9.17) is 0 Å². The Morgan fingerprint density at radius 1 is 0.524 bits per heavy atom. The average molecular weight is 418 g/mol. The fraction of sp³-hybridized carbons (Fsp3) is 0.333. The molecule has 2 aromatic rings. The molecule has 0 saturated carbocycles. The van der Waals surface area contributed by atoms with E-state index in [1.54, 1.807) is 0 Å². The number of benzene rings is 2. The monoisotopic (exact) mass is 420 g/mol. The van der Waals surface area contributed by atoms with Crippen molar-refractivity contribution >= 4 is 48.6 Å². The molecule has 0 bridgehead atoms. The summed E-state index contributed by atoms with van der Waals surface area (Å²) in [5, 5.41) is 2.79. The second-order valence-electron chi connectivity index (χ2n) is 5.86. The maximum absolute atomic E-state index is 2.33. The van der Waals surface area contributed by atoms with Crippen molar-refractivity contribution in [1.29, 1.82) is 0 Å². The minimum Gasteiger partial charge on any atom is -0.0631 e. The van der Waals surface area contributed by atoms with Crippen LogP contribution in [0.4, 0.5) is 0 Å². The molecule has 0 N–H and O–H groups in total. The van der Waals surface area contributed by atoms with Crippen LogP contribution >= 0.6 is 0 Å². The molecule has 21 heavy (non-hydrogen) atoms. The Labute approximate surface area is 143 Å². The number of hydrogen-bond donors (Lipinski definition) is 0. The zero-order valence-electron chi connectivity index (χ0n) is 14.3. The molecule has 2 rings (SSSR count). The van der Waals surface area contributed by atoms with Gasteiger partial charge in [0.1, 0.15) is 9.52 Å². The van der Waals surface area contributed by atoms with E-state index in [-0.39, 0.29) is 28.7 Å². The van der Waals surface area contributed by atoms with Crippen LogP contribution in [0.3, 0.4) is 0 Å². The van der Waals surface area contributed by atoms with E-state index >= 15 is 0 Å². The zero-order chi connectivity index (χ0) is 16.1. The first kappa shape index (κ1) is 20.7. The van der Waals surface area contributed by atoms with Gasteiger partial charge >= 0.3 is 63.2 Å². The second kappa shape index (κ2) is 13.4. The number of hydrogen-bond acceptors (Lipinski definition) is 0. The Bertz CT molecular complexity index is 392. The zero-order valence-corrected chi connectivity index (χ0v) is 19.5. The van der Waals surface area contributed by atoms with E-state index in [1.807, 2.05) is 0 Å². The van der Waals surface area contributed by atoms with Crippen LogP contribution in [0.5, 0.6) is 0 Å². The molecule has 0 amide bonds. The van der Waals surface area contributed by atoms with E-state index in [0.717, 1.165) is 9.52 Å². The molecular weight excluding hydrogens is 390 g/mol. The number of rotatable bonds is 2. The SMILES string of the molecule is [CH3][Ge]([CH3])[CH3].[CH3][Ge]([CH3])[CH3].c1ccc([Si]c2ccccc2)cc1. The van der Waals surface area contributed by atoms with Crippen LogP contribution in [0.2, 0.25) is 34.5 Å². The molecule has 0 spiro atoms. The van der Waals surface area contributed by atoms with Crippen molar-refractivity contribution in [1.82, 2.24) is 0 Å². The van der Waals surface area contributed by atoms with Gasteiger partial charge in [-0.25, -0.2) is 0 Å². The van der Waals surface area contributed by atoms with E-state index < -0.39 is 0 Å². The van der Waals surface area contributed by atoms with Crippen molar-refractivity contribution in [2.45, 2.75) is 34.5 Å². The van der Waals surface area contributed by atoms with Gasteiger partial charge in [0, 0.05) is 0 Å². The molecule has 2 aromatic carbocycles. The third-order valence-electron chi connectivity index (χ3n) is 1.84. The molecule has 0 atom stereocenters. The van der Waals surface area contributed by atoms with E-state index in [1.165, 1.54) is 10.4 Å². The van der Waals surface area contributed by atoms with Crippen molar-refractivity contribution in [2.75, 3.05) is 0 Å². The molecule has 3 heteroatoms. The minimum absolute atomic E-state index is 0.333. The Morgan fingerprint density at radius 2 is 0.762 bits per heavy atom. The van der Waals surface area contributed by atoms with Gasteiger partial charge in [0.2, 0.25) is 0 Å². The summed E-state index contributed by atoms with van der Waals surface area (Å²) in [5.74, 6) is 14.0. The summed E-state index contributed by atoms with van der Waals surface area (Å²) in [5.41, 5.74) is 0. The van der Waals surface area contributed by atoms with Gasteiger partial charge in [0.25, 0.3) is 0 Å². The van der Waals surface area contributed by atoms with Gasteiger partial charge in [-0.2, -0.15) is 0 Å². The van der Waals surface area contributed by atoms with Gasteiger partial charge in [0.05, 0.1) is 0 Å². The predicted molar refractivity (Wildman–Crippen MR) is 105 cm³/mol. The summed E-state index contributed by atoms with van der Waals surface area (Å²) in [4.78, 5) is 0. The summed E-state index contributed by atoms with van der Waals surface area (Å²) in [6.45, 7) is 0. The Kier molecular flexibility index (Phi) is 13.2. The molecule has 0 aromatic heterocycles. The molecule has 0 nitrogen and oxygen atoms in total. The molecule has 0 saturated heterocycles. The van der Waals surface area contributed by atoms with Crippen molar-refractivity contribution in [2.24, 2.45) is 0 Å². The van der Waals surface area contributed by atoms with Crippen molar-refractivity contribution in [3.8, 4) is 0 Å². The fourth-order valence-corrected chi connectivity index (χ4v) is 2.26. The Balaban J connectivity index is 0.000000421. The van der Waals surface area contributed by atoms with Gasteiger partial charge in [-0.15, -0.1) is 0 Å². The fourth-order valence-electron chi connectivity index (χ4n) is 1.21. The third-order valence-corrected chi connectivity index (χ3v) is 3.08. The topological polar surface area (TPSA) is 0 Å². The molecule has 0 fully saturated rings. The van der Waals surface area contributed by atoms with Crippen LogP contribution in [0.15, 0.2) is 60.7 Å². The van der Waals surface area contributed by atoms with Gasteiger partial charge in [-0.1, -0.05) is 71.0 Å². The summed E-state index contributed by atoms with van der Waals surface area (Å²) >= 11 is -0.667. The van der Waals surface area contributed by atoms with Gasteiger partial charge in [-0.05, 0) is 0 Å². The third kappa shape index (κ3) is 15.9. The van der Waals surface area contributed by atoms with Crippen molar-refractivity contribution < 1.29 is 0 Å². The van der Waals surface area contributed by atoms with Crippen LogP contribution in [-0.4, -0.2) is 38.2 Å². The van der Waals surface area contributed by atoms with Crippen LogP contribution < -0.4 is 10.4 Å². The molecule has 4 radical (unpaired) electrons. The first-order chi connectivity index (χ1) is 9.91. The van der Waals surface area contributed by atoms with E-state index in [9.17, 15) is 0 Å². The largest absolute Gasteiger partial charge is 0.121 e. The smallest absolute Gasteiger partial charge is 0.0631 e. The van der Waals surface area contributed by atoms with Gasteiger partial charge in [0.15, 0.2) is 0 Å².